The summed E-state index contributed by atoms with van der Waals surface area (Å²) in [4.78, 5) is 4.21. The average molecular weight is 242 g/mol. The molecule has 0 atom stereocenters. The predicted molar refractivity (Wildman–Crippen MR) is 70.0 cm³/mol. The lowest BCUT2D eigenvalue weighted by molar-refractivity contribution is 0.646. The summed E-state index contributed by atoms with van der Waals surface area (Å²) in [5, 5.41) is 7.67. The van der Waals surface area contributed by atoms with E-state index in [0.29, 0.717) is 0 Å². The Hall–Kier alpha value is -1.68. The molecule has 4 heteroatoms. The van der Waals surface area contributed by atoms with Crippen LogP contribution in [0.15, 0.2) is 30.6 Å². The summed E-state index contributed by atoms with van der Waals surface area (Å²) in [6, 6.07) is 8.72. The van der Waals surface area contributed by atoms with Gasteiger partial charge in [0.25, 0.3) is 0 Å². The molecule has 0 amide bonds. The van der Waals surface area contributed by atoms with E-state index in [4.69, 9.17) is 0 Å². The Kier molecular flexibility index (Phi) is 3.11. The predicted octanol–water partition coefficient (Wildman–Crippen LogP) is 1.98. The van der Waals surface area contributed by atoms with E-state index >= 15 is 0 Å². The number of benzene rings is 1. The molecule has 1 heterocycles. The maximum absolute atomic E-state index is 4.25. The van der Waals surface area contributed by atoms with Gasteiger partial charge in [-0.05, 0) is 29.9 Å². The van der Waals surface area contributed by atoms with Crippen LogP contribution in [0, 0.1) is 0 Å². The van der Waals surface area contributed by atoms with Gasteiger partial charge in [0.1, 0.15) is 6.33 Å². The van der Waals surface area contributed by atoms with Crippen LogP contribution in [-0.4, -0.2) is 14.8 Å². The number of nitrogens with zero attached hydrogens (tertiary/aromatic N) is 3. The number of nitrogens with one attached hydrogen (secondary N) is 1. The first kappa shape index (κ1) is 11.4. The van der Waals surface area contributed by atoms with Crippen LogP contribution in [0.2, 0.25) is 0 Å². The smallest absolute Gasteiger partial charge is 0.164 e. The van der Waals surface area contributed by atoms with Crippen molar-refractivity contribution in [2.75, 3.05) is 0 Å². The SMILES string of the molecule is Cn1cnc(CNCc2ccccc2C2CC2)n1. The first-order chi connectivity index (χ1) is 8.83. The van der Waals surface area contributed by atoms with Crippen LogP contribution >= 0.6 is 0 Å². The first-order valence-electron chi connectivity index (χ1n) is 6.46. The van der Waals surface area contributed by atoms with Crippen LogP contribution in [0.1, 0.15) is 35.7 Å². The Bertz CT molecular complexity index is 528. The molecule has 1 saturated carbocycles. The molecule has 18 heavy (non-hydrogen) atoms. The van der Waals surface area contributed by atoms with E-state index in [1.807, 2.05) is 7.05 Å². The van der Waals surface area contributed by atoms with Gasteiger partial charge in [-0.25, -0.2) is 4.98 Å². The highest BCUT2D eigenvalue weighted by Gasteiger charge is 2.25. The summed E-state index contributed by atoms with van der Waals surface area (Å²) in [5.74, 6) is 1.65. The molecule has 3 rings (SSSR count). The average Bonchev–Trinajstić information content (AvgIpc) is 3.14. The van der Waals surface area contributed by atoms with E-state index in [9.17, 15) is 0 Å². The maximum atomic E-state index is 4.25. The second-order valence-electron chi connectivity index (χ2n) is 4.91. The van der Waals surface area contributed by atoms with E-state index in [1.165, 1.54) is 24.0 Å². The van der Waals surface area contributed by atoms with Gasteiger partial charge in [0.15, 0.2) is 5.82 Å². The van der Waals surface area contributed by atoms with Crippen molar-refractivity contribution >= 4 is 0 Å². The number of aromatic nitrogens is 3. The van der Waals surface area contributed by atoms with E-state index < -0.39 is 0 Å². The summed E-state index contributed by atoms with van der Waals surface area (Å²) in [7, 11) is 1.89. The molecule has 1 aliphatic rings. The van der Waals surface area contributed by atoms with Gasteiger partial charge in [0, 0.05) is 13.6 Å². The Morgan fingerprint density at radius 1 is 1.28 bits per heavy atom. The van der Waals surface area contributed by atoms with Crippen LogP contribution < -0.4 is 5.32 Å². The number of hydrogen-bond donors (Lipinski definition) is 1. The van der Waals surface area contributed by atoms with Gasteiger partial charge in [-0.3, -0.25) is 4.68 Å². The number of hydrogen-bond acceptors (Lipinski definition) is 3. The van der Waals surface area contributed by atoms with Gasteiger partial charge in [-0.2, -0.15) is 5.10 Å². The Labute approximate surface area is 107 Å². The summed E-state index contributed by atoms with van der Waals surface area (Å²) >= 11 is 0. The van der Waals surface area contributed by atoms with Crippen LogP contribution in [0.5, 0.6) is 0 Å². The van der Waals surface area contributed by atoms with E-state index in [2.05, 4.69) is 39.7 Å². The summed E-state index contributed by atoms with van der Waals surface area (Å²) < 4.78 is 1.73. The van der Waals surface area contributed by atoms with Crippen molar-refractivity contribution in [3.05, 3.63) is 47.5 Å². The highest BCUT2D eigenvalue weighted by Crippen LogP contribution is 2.41. The number of aryl methyl sites for hydroxylation is 1. The van der Waals surface area contributed by atoms with Crippen molar-refractivity contribution < 1.29 is 0 Å². The normalized spacial score (nSPS) is 14.9. The topological polar surface area (TPSA) is 42.7 Å². The zero-order valence-corrected chi connectivity index (χ0v) is 10.6. The zero-order chi connectivity index (χ0) is 12.4. The molecule has 0 spiro atoms. The molecule has 0 saturated heterocycles. The molecule has 94 valence electrons. The van der Waals surface area contributed by atoms with Crippen LogP contribution in [0.3, 0.4) is 0 Å². The molecule has 0 aliphatic heterocycles. The minimum Gasteiger partial charge on any atom is -0.306 e. The lowest BCUT2D eigenvalue weighted by Crippen LogP contribution is -2.15. The van der Waals surface area contributed by atoms with E-state index in [-0.39, 0.29) is 0 Å². The molecule has 4 nitrogen and oxygen atoms in total. The first-order valence-corrected chi connectivity index (χ1v) is 6.46. The highest BCUT2D eigenvalue weighted by atomic mass is 15.3. The summed E-state index contributed by atoms with van der Waals surface area (Å²) in [5.41, 5.74) is 2.93. The van der Waals surface area contributed by atoms with Crippen molar-refractivity contribution in [1.82, 2.24) is 20.1 Å². The monoisotopic (exact) mass is 242 g/mol. The summed E-state index contributed by atoms with van der Waals surface area (Å²) in [6.07, 6.45) is 4.42. The van der Waals surface area contributed by atoms with Gasteiger partial charge in [0.05, 0.1) is 6.54 Å². The fraction of sp³-hybridized carbons (Fsp3) is 0.429. The van der Waals surface area contributed by atoms with Gasteiger partial charge < -0.3 is 5.32 Å². The van der Waals surface area contributed by atoms with Crippen LogP contribution in [0.25, 0.3) is 0 Å². The third-order valence-electron chi connectivity index (χ3n) is 3.32. The second-order valence-corrected chi connectivity index (χ2v) is 4.91. The minimum absolute atomic E-state index is 0.722. The molecule has 1 aromatic carbocycles. The minimum atomic E-state index is 0.722. The van der Waals surface area contributed by atoms with E-state index in [1.54, 1.807) is 11.0 Å². The second kappa shape index (κ2) is 4.90. The molecule has 1 N–H and O–H groups in total. The lowest BCUT2D eigenvalue weighted by atomic mass is 10.0. The molecule has 2 aromatic rings. The molecule has 0 bridgehead atoms. The van der Waals surface area contributed by atoms with Gasteiger partial charge in [0.2, 0.25) is 0 Å². The summed E-state index contributed by atoms with van der Waals surface area (Å²) in [6.45, 7) is 1.62. The van der Waals surface area contributed by atoms with Crippen molar-refractivity contribution in [3.8, 4) is 0 Å². The molecule has 1 aromatic heterocycles. The Morgan fingerprint density at radius 3 is 2.83 bits per heavy atom. The third-order valence-corrected chi connectivity index (χ3v) is 3.32. The standard InChI is InChI=1S/C14H18N4/c1-18-10-16-14(17-18)9-15-8-12-4-2-3-5-13(12)11-6-7-11/h2-5,10-11,15H,6-9H2,1H3. The van der Waals surface area contributed by atoms with Crippen molar-refractivity contribution in [2.24, 2.45) is 7.05 Å². The van der Waals surface area contributed by atoms with Crippen molar-refractivity contribution in [3.63, 3.8) is 0 Å². The van der Waals surface area contributed by atoms with Crippen LogP contribution in [-0.2, 0) is 20.1 Å². The van der Waals surface area contributed by atoms with Crippen molar-refractivity contribution in [1.29, 1.82) is 0 Å². The molecule has 0 radical (unpaired) electrons. The number of rotatable bonds is 5. The van der Waals surface area contributed by atoms with Gasteiger partial charge in [-0.15, -0.1) is 0 Å². The molecule has 0 unspecified atom stereocenters. The lowest BCUT2D eigenvalue weighted by Gasteiger charge is -2.08. The van der Waals surface area contributed by atoms with E-state index in [0.717, 1.165) is 24.8 Å². The molecule has 1 aliphatic carbocycles. The Morgan fingerprint density at radius 2 is 2.11 bits per heavy atom. The van der Waals surface area contributed by atoms with Crippen LogP contribution in [0.4, 0.5) is 0 Å². The van der Waals surface area contributed by atoms with Crippen molar-refractivity contribution in [2.45, 2.75) is 31.8 Å². The zero-order valence-electron chi connectivity index (χ0n) is 10.6. The quantitative estimate of drug-likeness (QED) is 0.872. The fourth-order valence-electron chi connectivity index (χ4n) is 2.26. The third kappa shape index (κ3) is 2.59. The van der Waals surface area contributed by atoms with Gasteiger partial charge in [-0.1, -0.05) is 24.3 Å². The molecule has 1 fully saturated rings. The Balaban J connectivity index is 1.59. The maximum Gasteiger partial charge on any atom is 0.164 e. The fourth-order valence-corrected chi connectivity index (χ4v) is 2.26. The molecular weight excluding hydrogens is 224 g/mol. The highest BCUT2D eigenvalue weighted by molar-refractivity contribution is 5.33. The largest absolute Gasteiger partial charge is 0.306 e. The van der Waals surface area contributed by atoms with Gasteiger partial charge >= 0.3 is 0 Å². The molecular formula is C14H18N4.